The van der Waals surface area contributed by atoms with E-state index in [9.17, 15) is 14.7 Å². The standard InChI is InChI=1S/C20H25N3O5.K/c1-15(16-4-6-17(7-5-16)22-8-11-27-12-9-22)21-20(26)23(14-19(24)25)13-18-3-2-10-28-18;/h2-7,10,15H,8-9,11-14H2,1H3,(H,21,26)(H,24,25);/q;+1/p-1. The van der Waals surface area contributed by atoms with Gasteiger partial charge in [-0.2, -0.15) is 0 Å². The third kappa shape index (κ3) is 7.12. The molecule has 9 heteroatoms. The van der Waals surface area contributed by atoms with Gasteiger partial charge in [-0.1, -0.05) is 12.1 Å². The number of anilines is 1. The van der Waals surface area contributed by atoms with Gasteiger partial charge >= 0.3 is 57.4 Å². The fraction of sp³-hybridized carbons (Fsp3) is 0.400. The molecule has 2 aromatic rings. The van der Waals surface area contributed by atoms with Crippen LogP contribution in [0, 0.1) is 0 Å². The Morgan fingerprint density at radius 2 is 1.90 bits per heavy atom. The van der Waals surface area contributed by atoms with E-state index in [2.05, 4.69) is 10.2 Å². The van der Waals surface area contributed by atoms with Crippen LogP contribution in [0.25, 0.3) is 0 Å². The van der Waals surface area contributed by atoms with Gasteiger partial charge in [-0.3, -0.25) is 0 Å². The second-order valence-electron chi connectivity index (χ2n) is 6.67. The first-order chi connectivity index (χ1) is 13.5. The number of carbonyl (C=O) groups excluding carboxylic acids is 2. The molecule has 1 N–H and O–H groups in total. The second kappa shape index (κ2) is 11.7. The largest absolute Gasteiger partial charge is 1.00 e. The molecule has 2 amide bonds. The van der Waals surface area contributed by atoms with Crippen LogP contribution < -0.4 is 66.7 Å². The summed E-state index contributed by atoms with van der Waals surface area (Å²) in [7, 11) is 0. The normalized spacial score (nSPS) is 14.6. The van der Waals surface area contributed by atoms with Crippen LogP contribution >= 0.6 is 0 Å². The summed E-state index contributed by atoms with van der Waals surface area (Å²) in [5, 5.41) is 13.8. The van der Waals surface area contributed by atoms with Gasteiger partial charge in [0, 0.05) is 18.8 Å². The number of morpholine rings is 1. The molecule has 1 aliphatic heterocycles. The number of benzene rings is 1. The van der Waals surface area contributed by atoms with Crippen LogP contribution in [0.5, 0.6) is 0 Å². The number of nitrogens with zero attached hydrogens (tertiary/aromatic N) is 2. The van der Waals surface area contributed by atoms with Crippen LogP contribution in [0.1, 0.15) is 24.3 Å². The average molecular weight is 426 g/mol. The number of rotatable bonds is 7. The molecule has 1 aliphatic rings. The van der Waals surface area contributed by atoms with Gasteiger partial charge in [0.05, 0.1) is 44.6 Å². The van der Waals surface area contributed by atoms with Crippen molar-refractivity contribution >= 4 is 17.7 Å². The predicted molar refractivity (Wildman–Crippen MR) is 101 cm³/mol. The van der Waals surface area contributed by atoms with Crippen LogP contribution in [0.2, 0.25) is 0 Å². The first kappa shape index (κ1) is 23.9. The third-order valence-corrected chi connectivity index (χ3v) is 4.64. The molecular formula is C20H24KN3O5. The number of carboxylic acid groups (broad SMARTS) is 1. The number of hydrogen-bond donors (Lipinski definition) is 1. The first-order valence-corrected chi connectivity index (χ1v) is 9.23. The Balaban J connectivity index is 0.00000300. The van der Waals surface area contributed by atoms with Gasteiger partial charge in [0.1, 0.15) is 5.76 Å². The number of urea groups is 1. The summed E-state index contributed by atoms with van der Waals surface area (Å²) in [5.74, 6) is -0.830. The van der Waals surface area contributed by atoms with Crippen molar-refractivity contribution in [2.24, 2.45) is 0 Å². The van der Waals surface area contributed by atoms with Crippen molar-refractivity contribution in [3.05, 3.63) is 54.0 Å². The summed E-state index contributed by atoms with van der Waals surface area (Å²) in [4.78, 5) is 27.0. The van der Waals surface area contributed by atoms with Crippen LogP contribution in [-0.4, -0.2) is 49.7 Å². The van der Waals surface area contributed by atoms with E-state index in [-0.39, 0.29) is 64.0 Å². The van der Waals surface area contributed by atoms with Crippen LogP contribution in [0.15, 0.2) is 47.1 Å². The number of carbonyl (C=O) groups is 2. The predicted octanol–water partition coefficient (Wildman–Crippen LogP) is -1.86. The topological polar surface area (TPSA) is 98.1 Å². The zero-order chi connectivity index (χ0) is 19.9. The van der Waals surface area contributed by atoms with Gasteiger partial charge in [-0.15, -0.1) is 0 Å². The van der Waals surface area contributed by atoms with Gasteiger partial charge in [-0.05, 0) is 36.8 Å². The Morgan fingerprint density at radius 1 is 1.21 bits per heavy atom. The first-order valence-electron chi connectivity index (χ1n) is 9.23. The minimum Gasteiger partial charge on any atom is -0.548 e. The van der Waals surface area contributed by atoms with Gasteiger partial charge < -0.3 is 34.2 Å². The van der Waals surface area contributed by atoms with E-state index in [1.807, 2.05) is 31.2 Å². The number of nitrogens with one attached hydrogen (secondary N) is 1. The van der Waals surface area contributed by atoms with Crippen molar-refractivity contribution in [1.82, 2.24) is 10.2 Å². The molecule has 0 spiro atoms. The number of carboxylic acids is 1. The molecule has 29 heavy (non-hydrogen) atoms. The molecule has 0 saturated carbocycles. The van der Waals surface area contributed by atoms with E-state index in [0.29, 0.717) is 5.76 Å². The number of aliphatic carboxylic acids is 1. The molecular weight excluding hydrogens is 401 g/mol. The Bertz CT molecular complexity index is 776. The Hall–Kier alpha value is -1.36. The monoisotopic (exact) mass is 425 g/mol. The second-order valence-corrected chi connectivity index (χ2v) is 6.67. The van der Waals surface area contributed by atoms with Crippen LogP contribution in [0.3, 0.4) is 0 Å². The molecule has 1 aromatic heterocycles. The molecule has 1 fully saturated rings. The zero-order valence-corrected chi connectivity index (χ0v) is 19.9. The van der Waals surface area contributed by atoms with Crippen molar-refractivity contribution in [3.8, 4) is 0 Å². The minimum atomic E-state index is -1.33. The third-order valence-electron chi connectivity index (χ3n) is 4.64. The van der Waals surface area contributed by atoms with Crippen LogP contribution in [0.4, 0.5) is 10.5 Å². The van der Waals surface area contributed by atoms with E-state index in [1.54, 1.807) is 12.1 Å². The fourth-order valence-corrected chi connectivity index (χ4v) is 3.10. The summed E-state index contributed by atoms with van der Waals surface area (Å²) in [5.41, 5.74) is 2.04. The van der Waals surface area contributed by atoms with Crippen molar-refractivity contribution in [2.45, 2.75) is 19.5 Å². The van der Waals surface area contributed by atoms with E-state index >= 15 is 0 Å². The molecule has 1 unspecified atom stereocenters. The van der Waals surface area contributed by atoms with Gasteiger partial charge in [0.2, 0.25) is 0 Å². The summed E-state index contributed by atoms with van der Waals surface area (Å²) in [6.07, 6.45) is 1.48. The molecule has 3 rings (SSSR count). The van der Waals surface area contributed by atoms with Crippen molar-refractivity contribution in [1.29, 1.82) is 0 Å². The molecule has 1 saturated heterocycles. The maximum absolute atomic E-state index is 12.6. The van der Waals surface area contributed by atoms with Gasteiger partial charge in [0.15, 0.2) is 0 Å². The van der Waals surface area contributed by atoms with E-state index < -0.39 is 18.5 Å². The molecule has 1 atom stereocenters. The minimum absolute atomic E-state index is 0. The maximum atomic E-state index is 12.6. The van der Waals surface area contributed by atoms with Gasteiger partial charge in [-0.25, -0.2) is 4.79 Å². The van der Waals surface area contributed by atoms with E-state index in [1.165, 1.54) is 6.26 Å². The molecule has 0 aliphatic carbocycles. The average Bonchev–Trinajstić information content (AvgIpc) is 3.21. The van der Waals surface area contributed by atoms with Crippen LogP contribution in [-0.2, 0) is 16.1 Å². The summed E-state index contributed by atoms with van der Waals surface area (Å²) in [6.45, 7) is 4.54. The molecule has 0 bridgehead atoms. The summed E-state index contributed by atoms with van der Waals surface area (Å²) < 4.78 is 10.6. The molecule has 150 valence electrons. The van der Waals surface area contributed by atoms with Gasteiger partial charge in [0.25, 0.3) is 0 Å². The Kier molecular flexibility index (Phi) is 9.67. The number of amides is 2. The van der Waals surface area contributed by atoms with Crippen molar-refractivity contribution in [2.75, 3.05) is 37.7 Å². The van der Waals surface area contributed by atoms with E-state index in [0.717, 1.165) is 42.5 Å². The SMILES string of the molecule is CC(NC(=O)N(CC(=O)[O-])Cc1ccco1)c1ccc(N2CCOCC2)cc1.[K+]. The molecule has 1 aromatic carbocycles. The summed E-state index contributed by atoms with van der Waals surface area (Å²) in [6, 6.07) is 10.6. The zero-order valence-electron chi connectivity index (χ0n) is 16.8. The molecule has 2 heterocycles. The Labute approximate surface area is 212 Å². The Morgan fingerprint density at radius 3 is 2.48 bits per heavy atom. The number of ether oxygens (including phenoxy) is 1. The number of hydrogen-bond acceptors (Lipinski definition) is 6. The summed E-state index contributed by atoms with van der Waals surface area (Å²) >= 11 is 0. The quantitative estimate of drug-likeness (QED) is 0.523. The van der Waals surface area contributed by atoms with Crippen molar-refractivity contribution < 1.29 is 75.2 Å². The maximum Gasteiger partial charge on any atom is 1.00 e. The molecule has 0 radical (unpaired) electrons. The van der Waals surface area contributed by atoms with Crippen molar-refractivity contribution in [3.63, 3.8) is 0 Å². The molecule has 8 nitrogen and oxygen atoms in total. The smallest absolute Gasteiger partial charge is 0.548 e. The fourth-order valence-electron chi connectivity index (χ4n) is 3.10. The van der Waals surface area contributed by atoms with E-state index in [4.69, 9.17) is 9.15 Å². The number of furan rings is 1.